The van der Waals surface area contributed by atoms with E-state index in [4.69, 9.17) is 0 Å². The summed E-state index contributed by atoms with van der Waals surface area (Å²) in [6.07, 6.45) is 1.81. The van der Waals surface area contributed by atoms with E-state index in [2.05, 4.69) is 10.3 Å². The lowest BCUT2D eigenvalue weighted by Gasteiger charge is -2.25. The highest BCUT2D eigenvalue weighted by Gasteiger charge is 2.42. The van der Waals surface area contributed by atoms with E-state index < -0.39 is 23.8 Å². The van der Waals surface area contributed by atoms with Crippen molar-refractivity contribution >= 4 is 23.5 Å². The number of imide groups is 1. The second kappa shape index (κ2) is 7.67. The standard InChI is InChI=1S/C23H19N3O3/c1-15-11-12-24-20(13-15)25-21(27)19(14-16-7-3-2-4-8-16)26-22(28)17-9-5-6-10-18(17)23(26)29/h2-13,19H,14H2,1H3,(H,24,25,27). The van der Waals surface area contributed by atoms with Crippen molar-refractivity contribution in [2.75, 3.05) is 5.32 Å². The average molecular weight is 385 g/mol. The summed E-state index contributed by atoms with van der Waals surface area (Å²) in [7, 11) is 0. The lowest BCUT2D eigenvalue weighted by molar-refractivity contribution is -0.120. The summed E-state index contributed by atoms with van der Waals surface area (Å²) in [6.45, 7) is 1.89. The molecular formula is C23H19N3O3. The zero-order valence-electron chi connectivity index (χ0n) is 15.8. The SMILES string of the molecule is Cc1ccnc(NC(=O)C(Cc2ccccc2)N2C(=O)c3ccccc3C2=O)c1. The fraction of sp³-hybridized carbons (Fsp3) is 0.130. The molecule has 1 atom stereocenters. The molecule has 144 valence electrons. The van der Waals surface area contributed by atoms with Crippen molar-refractivity contribution in [2.24, 2.45) is 0 Å². The number of hydrogen-bond acceptors (Lipinski definition) is 4. The number of benzene rings is 2. The van der Waals surface area contributed by atoms with Crippen LogP contribution in [-0.2, 0) is 11.2 Å². The maximum atomic E-state index is 13.2. The van der Waals surface area contributed by atoms with E-state index in [0.717, 1.165) is 16.0 Å². The van der Waals surface area contributed by atoms with Crippen LogP contribution in [0.5, 0.6) is 0 Å². The van der Waals surface area contributed by atoms with Gasteiger partial charge >= 0.3 is 0 Å². The van der Waals surface area contributed by atoms with Crippen molar-refractivity contribution in [3.8, 4) is 0 Å². The smallest absolute Gasteiger partial charge is 0.262 e. The molecule has 1 aliphatic heterocycles. The largest absolute Gasteiger partial charge is 0.309 e. The third kappa shape index (κ3) is 3.65. The number of pyridine rings is 1. The minimum absolute atomic E-state index is 0.212. The number of fused-ring (bicyclic) bond motifs is 1. The average Bonchev–Trinajstić information content (AvgIpc) is 2.98. The highest BCUT2D eigenvalue weighted by Crippen LogP contribution is 2.26. The Morgan fingerprint density at radius 1 is 0.966 bits per heavy atom. The molecule has 0 fully saturated rings. The highest BCUT2D eigenvalue weighted by molar-refractivity contribution is 6.23. The van der Waals surface area contributed by atoms with Crippen molar-refractivity contribution in [3.63, 3.8) is 0 Å². The van der Waals surface area contributed by atoms with Crippen molar-refractivity contribution in [1.29, 1.82) is 0 Å². The van der Waals surface area contributed by atoms with Gasteiger partial charge in [0.25, 0.3) is 11.8 Å². The second-order valence-electron chi connectivity index (χ2n) is 6.94. The zero-order chi connectivity index (χ0) is 20.4. The number of hydrogen-bond donors (Lipinski definition) is 1. The van der Waals surface area contributed by atoms with Gasteiger partial charge in [-0.2, -0.15) is 0 Å². The van der Waals surface area contributed by atoms with Gasteiger partial charge < -0.3 is 5.32 Å². The van der Waals surface area contributed by atoms with Crippen LogP contribution in [0.4, 0.5) is 5.82 Å². The maximum Gasteiger partial charge on any atom is 0.262 e. The first-order valence-corrected chi connectivity index (χ1v) is 9.29. The van der Waals surface area contributed by atoms with Crippen LogP contribution < -0.4 is 5.32 Å². The molecule has 1 N–H and O–H groups in total. The molecule has 2 aromatic carbocycles. The van der Waals surface area contributed by atoms with Gasteiger partial charge in [0.2, 0.25) is 5.91 Å². The molecule has 29 heavy (non-hydrogen) atoms. The molecule has 0 spiro atoms. The van der Waals surface area contributed by atoms with Gasteiger partial charge in [-0.3, -0.25) is 19.3 Å². The molecule has 1 aromatic heterocycles. The summed E-state index contributed by atoms with van der Waals surface area (Å²) in [4.78, 5) is 44.3. The van der Waals surface area contributed by atoms with Crippen molar-refractivity contribution in [3.05, 3.63) is 95.2 Å². The summed E-state index contributed by atoms with van der Waals surface area (Å²) in [5.41, 5.74) is 2.42. The molecular weight excluding hydrogens is 366 g/mol. The minimum atomic E-state index is -0.993. The summed E-state index contributed by atoms with van der Waals surface area (Å²) in [6, 6.07) is 18.5. The summed E-state index contributed by atoms with van der Waals surface area (Å²) >= 11 is 0. The number of rotatable bonds is 5. The Kier molecular flexibility index (Phi) is 4.91. The van der Waals surface area contributed by atoms with Gasteiger partial charge in [-0.15, -0.1) is 0 Å². The van der Waals surface area contributed by atoms with Gasteiger partial charge in [-0.05, 0) is 42.3 Å². The molecule has 0 radical (unpaired) electrons. The van der Waals surface area contributed by atoms with Gasteiger partial charge in [-0.25, -0.2) is 4.98 Å². The number of aryl methyl sites for hydroxylation is 1. The van der Waals surface area contributed by atoms with Crippen LogP contribution in [0.3, 0.4) is 0 Å². The number of nitrogens with one attached hydrogen (secondary N) is 1. The van der Waals surface area contributed by atoms with Crippen LogP contribution >= 0.6 is 0 Å². The Balaban J connectivity index is 1.68. The van der Waals surface area contributed by atoms with Crippen molar-refractivity contribution in [2.45, 2.75) is 19.4 Å². The van der Waals surface area contributed by atoms with Crippen LogP contribution in [0.1, 0.15) is 31.8 Å². The van der Waals surface area contributed by atoms with E-state index in [1.807, 2.05) is 43.3 Å². The normalized spacial score (nSPS) is 13.9. The van der Waals surface area contributed by atoms with Gasteiger partial charge in [0.1, 0.15) is 11.9 Å². The Labute approximate surface area is 168 Å². The third-order valence-corrected chi connectivity index (χ3v) is 4.88. The topological polar surface area (TPSA) is 79.4 Å². The fourth-order valence-electron chi connectivity index (χ4n) is 3.44. The molecule has 0 bridgehead atoms. The molecule has 1 unspecified atom stereocenters. The molecule has 4 rings (SSSR count). The van der Waals surface area contributed by atoms with Crippen LogP contribution in [0.2, 0.25) is 0 Å². The molecule has 3 amide bonds. The molecule has 1 aliphatic rings. The molecule has 0 aliphatic carbocycles. The maximum absolute atomic E-state index is 13.2. The van der Waals surface area contributed by atoms with Gasteiger partial charge in [-0.1, -0.05) is 42.5 Å². The quantitative estimate of drug-likeness (QED) is 0.684. The van der Waals surface area contributed by atoms with E-state index in [-0.39, 0.29) is 6.42 Å². The number of nitrogens with zero attached hydrogens (tertiary/aromatic N) is 2. The monoisotopic (exact) mass is 385 g/mol. The fourth-order valence-corrected chi connectivity index (χ4v) is 3.44. The van der Waals surface area contributed by atoms with Gasteiger partial charge in [0, 0.05) is 12.6 Å². The molecule has 2 heterocycles. The number of carbonyl (C=O) groups excluding carboxylic acids is 3. The van der Waals surface area contributed by atoms with Crippen molar-refractivity contribution < 1.29 is 14.4 Å². The third-order valence-electron chi connectivity index (χ3n) is 4.88. The van der Waals surface area contributed by atoms with E-state index in [1.165, 1.54) is 0 Å². The first-order chi connectivity index (χ1) is 14.0. The Hall–Kier alpha value is -3.80. The molecule has 6 heteroatoms. The lowest BCUT2D eigenvalue weighted by Crippen LogP contribution is -2.48. The predicted octanol–water partition coefficient (Wildman–Crippen LogP) is 3.24. The Bertz CT molecular complexity index is 1060. The molecule has 3 aromatic rings. The van der Waals surface area contributed by atoms with Crippen LogP contribution in [-0.4, -0.2) is 33.6 Å². The summed E-state index contributed by atoms with van der Waals surface area (Å²) in [5.74, 6) is -0.996. The highest BCUT2D eigenvalue weighted by atomic mass is 16.2. The van der Waals surface area contributed by atoms with Crippen LogP contribution in [0.15, 0.2) is 72.9 Å². The van der Waals surface area contributed by atoms with Gasteiger partial charge in [0.15, 0.2) is 0 Å². The zero-order valence-corrected chi connectivity index (χ0v) is 15.8. The number of anilines is 1. The number of aromatic nitrogens is 1. The lowest BCUT2D eigenvalue weighted by atomic mass is 10.0. The van der Waals surface area contributed by atoms with E-state index in [9.17, 15) is 14.4 Å². The van der Waals surface area contributed by atoms with E-state index >= 15 is 0 Å². The van der Waals surface area contributed by atoms with Crippen LogP contribution in [0.25, 0.3) is 0 Å². The van der Waals surface area contributed by atoms with Crippen LogP contribution in [0, 0.1) is 6.92 Å². The molecule has 0 saturated heterocycles. The Morgan fingerprint density at radius 3 is 2.21 bits per heavy atom. The second-order valence-corrected chi connectivity index (χ2v) is 6.94. The summed E-state index contributed by atoms with van der Waals surface area (Å²) in [5, 5.41) is 2.75. The Morgan fingerprint density at radius 2 is 1.59 bits per heavy atom. The molecule has 6 nitrogen and oxygen atoms in total. The first-order valence-electron chi connectivity index (χ1n) is 9.29. The number of amides is 3. The van der Waals surface area contributed by atoms with E-state index in [1.54, 1.807) is 36.5 Å². The summed E-state index contributed by atoms with van der Waals surface area (Å²) < 4.78 is 0. The van der Waals surface area contributed by atoms with Gasteiger partial charge in [0.05, 0.1) is 11.1 Å². The van der Waals surface area contributed by atoms with Crippen molar-refractivity contribution in [1.82, 2.24) is 9.88 Å². The van der Waals surface area contributed by atoms with E-state index in [0.29, 0.717) is 16.9 Å². The minimum Gasteiger partial charge on any atom is -0.309 e. The first kappa shape index (κ1) is 18.6. The number of carbonyl (C=O) groups is 3. The predicted molar refractivity (Wildman–Crippen MR) is 108 cm³/mol. The molecule has 0 saturated carbocycles.